The number of pyridine rings is 1. The van der Waals surface area contributed by atoms with Gasteiger partial charge >= 0.3 is 0 Å². The van der Waals surface area contributed by atoms with Gasteiger partial charge in [0.25, 0.3) is 11.5 Å². The lowest BCUT2D eigenvalue weighted by atomic mass is 10.1. The Bertz CT molecular complexity index is 1510. The third-order valence-corrected chi connectivity index (χ3v) is 7.06. The highest BCUT2D eigenvalue weighted by atomic mass is 32.2. The van der Waals surface area contributed by atoms with Crippen molar-refractivity contribution in [3.63, 3.8) is 0 Å². The molecule has 1 amide bonds. The van der Waals surface area contributed by atoms with Crippen LogP contribution in [0.3, 0.4) is 0 Å². The lowest BCUT2D eigenvalue weighted by Gasteiger charge is -2.14. The first-order valence-corrected chi connectivity index (χ1v) is 12.3. The summed E-state index contributed by atoms with van der Waals surface area (Å²) in [4.78, 5) is 33.3. The topological polar surface area (TPSA) is 66.7 Å². The number of benzene rings is 2. The van der Waals surface area contributed by atoms with Gasteiger partial charge in [-0.2, -0.15) is 0 Å². The number of thioether (sulfide) groups is 1. The highest BCUT2D eigenvalue weighted by Gasteiger charge is 2.32. The van der Waals surface area contributed by atoms with E-state index < -0.39 is 0 Å². The molecule has 0 saturated carbocycles. The molecule has 0 aliphatic carbocycles. The molecule has 1 fully saturated rings. The van der Waals surface area contributed by atoms with Crippen molar-refractivity contribution in [2.24, 2.45) is 0 Å². The zero-order chi connectivity index (χ0) is 24.4. The molecule has 8 heteroatoms. The van der Waals surface area contributed by atoms with Crippen LogP contribution >= 0.6 is 24.0 Å². The maximum absolute atomic E-state index is 13.4. The standard InChI is InChI=1S/C27H22N4O2S2/c1-18-10-12-19(13-11-18)16-28-24-21(25(32)30-14-6-5-9-23(30)29-24)15-22-26(33)31(27(34)35-22)17-20-7-3-2-4-8-20/h2-15,28H,16-17H2,1H3/b22-15-. The number of carbonyl (C=O) groups is 1. The van der Waals surface area contributed by atoms with E-state index >= 15 is 0 Å². The highest BCUT2D eigenvalue weighted by molar-refractivity contribution is 8.26. The average Bonchev–Trinajstić information content (AvgIpc) is 3.13. The minimum Gasteiger partial charge on any atom is -0.365 e. The average molecular weight is 499 g/mol. The van der Waals surface area contributed by atoms with Crippen molar-refractivity contribution >= 4 is 51.7 Å². The van der Waals surface area contributed by atoms with Gasteiger partial charge in [0.1, 0.15) is 15.8 Å². The first-order valence-electron chi connectivity index (χ1n) is 11.1. The number of hydrogen-bond donors (Lipinski definition) is 1. The monoisotopic (exact) mass is 498 g/mol. The van der Waals surface area contributed by atoms with Crippen molar-refractivity contribution in [2.75, 3.05) is 5.32 Å². The maximum atomic E-state index is 13.4. The van der Waals surface area contributed by atoms with Crippen molar-refractivity contribution in [2.45, 2.75) is 20.0 Å². The van der Waals surface area contributed by atoms with E-state index in [9.17, 15) is 9.59 Å². The van der Waals surface area contributed by atoms with E-state index in [1.807, 2.05) is 67.6 Å². The third-order valence-electron chi connectivity index (χ3n) is 5.68. The molecule has 0 atom stereocenters. The molecular weight excluding hydrogens is 476 g/mol. The number of nitrogens with one attached hydrogen (secondary N) is 1. The van der Waals surface area contributed by atoms with Gasteiger partial charge in [0, 0.05) is 12.7 Å². The Balaban J connectivity index is 1.50. The third kappa shape index (κ3) is 4.89. The zero-order valence-electron chi connectivity index (χ0n) is 19.0. The van der Waals surface area contributed by atoms with E-state index in [4.69, 9.17) is 12.2 Å². The number of nitrogens with zero attached hydrogens (tertiary/aromatic N) is 3. The summed E-state index contributed by atoms with van der Waals surface area (Å²) in [6.07, 6.45) is 3.28. The molecule has 3 heterocycles. The summed E-state index contributed by atoms with van der Waals surface area (Å²) >= 11 is 6.69. The smallest absolute Gasteiger partial charge is 0.267 e. The Hall–Kier alpha value is -3.75. The summed E-state index contributed by atoms with van der Waals surface area (Å²) in [5.41, 5.74) is 3.81. The van der Waals surface area contributed by atoms with Crippen LogP contribution in [0.2, 0.25) is 0 Å². The summed E-state index contributed by atoms with van der Waals surface area (Å²) in [6.45, 7) is 2.91. The maximum Gasteiger partial charge on any atom is 0.267 e. The Labute approximate surface area is 212 Å². The normalized spacial score (nSPS) is 14.8. The summed E-state index contributed by atoms with van der Waals surface area (Å²) in [7, 11) is 0. The molecule has 2 aromatic carbocycles. The van der Waals surface area contributed by atoms with Gasteiger partial charge in [0.15, 0.2) is 0 Å². The molecule has 1 aliphatic rings. The Kier molecular flexibility index (Phi) is 6.48. The van der Waals surface area contributed by atoms with Gasteiger partial charge in [0.2, 0.25) is 0 Å². The molecule has 35 heavy (non-hydrogen) atoms. The first kappa shape index (κ1) is 23.0. The van der Waals surface area contributed by atoms with E-state index in [0.717, 1.165) is 11.1 Å². The predicted molar refractivity (Wildman–Crippen MR) is 145 cm³/mol. The zero-order valence-corrected chi connectivity index (χ0v) is 20.6. The molecule has 0 bridgehead atoms. The molecule has 174 valence electrons. The van der Waals surface area contributed by atoms with E-state index in [1.54, 1.807) is 29.3 Å². The second kappa shape index (κ2) is 9.85. The minimum absolute atomic E-state index is 0.217. The predicted octanol–water partition coefficient (Wildman–Crippen LogP) is 5.02. The van der Waals surface area contributed by atoms with Crippen LogP contribution in [0.1, 0.15) is 22.3 Å². The number of aryl methyl sites for hydroxylation is 1. The van der Waals surface area contributed by atoms with Gasteiger partial charge in [-0.15, -0.1) is 0 Å². The first-order chi connectivity index (χ1) is 17.0. The molecule has 0 radical (unpaired) electrons. The molecule has 6 nitrogen and oxygen atoms in total. The molecule has 0 unspecified atom stereocenters. The summed E-state index contributed by atoms with van der Waals surface area (Å²) in [5.74, 6) is 0.209. The van der Waals surface area contributed by atoms with Crippen LogP contribution in [0.15, 0.2) is 88.7 Å². The molecule has 5 rings (SSSR count). The second-order valence-corrected chi connectivity index (χ2v) is 9.88. The van der Waals surface area contributed by atoms with Gasteiger partial charge in [-0.3, -0.25) is 18.9 Å². The van der Waals surface area contributed by atoms with Gasteiger partial charge in [-0.05, 0) is 36.3 Å². The summed E-state index contributed by atoms with van der Waals surface area (Å²) < 4.78 is 1.95. The van der Waals surface area contributed by atoms with Crippen LogP contribution in [0.5, 0.6) is 0 Å². The highest BCUT2D eigenvalue weighted by Crippen LogP contribution is 2.34. The van der Waals surface area contributed by atoms with Crippen molar-refractivity contribution in [1.82, 2.24) is 14.3 Å². The van der Waals surface area contributed by atoms with Crippen LogP contribution in [0, 0.1) is 6.92 Å². The van der Waals surface area contributed by atoms with E-state index in [1.165, 1.54) is 21.7 Å². The van der Waals surface area contributed by atoms with Crippen molar-refractivity contribution in [1.29, 1.82) is 0 Å². The van der Waals surface area contributed by atoms with Crippen LogP contribution in [-0.2, 0) is 17.9 Å². The molecule has 1 N–H and O–H groups in total. The fraction of sp³-hybridized carbons (Fsp3) is 0.111. The van der Waals surface area contributed by atoms with E-state index in [-0.39, 0.29) is 11.5 Å². The van der Waals surface area contributed by atoms with Crippen molar-refractivity contribution in [3.05, 3.63) is 117 Å². The Morgan fingerprint density at radius 3 is 2.49 bits per heavy atom. The summed E-state index contributed by atoms with van der Waals surface area (Å²) in [5, 5.41) is 3.30. The Morgan fingerprint density at radius 2 is 1.71 bits per heavy atom. The van der Waals surface area contributed by atoms with Crippen LogP contribution in [-0.4, -0.2) is 24.5 Å². The van der Waals surface area contributed by atoms with Gasteiger partial charge < -0.3 is 5.32 Å². The number of aromatic nitrogens is 2. The second-order valence-electron chi connectivity index (χ2n) is 8.20. The minimum atomic E-state index is -0.254. The van der Waals surface area contributed by atoms with Crippen LogP contribution in [0.25, 0.3) is 11.7 Å². The quantitative estimate of drug-likeness (QED) is 0.298. The number of amides is 1. The van der Waals surface area contributed by atoms with E-state index in [2.05, 4.69) is 10.3 Å². The van der Waals surface area contributed by atoms with Gasteiger partial charge in [0.05, 0.1) is 17.0 Å². The number of thiocarbonyl (C=S) groups is 1. The van der Waals surface area contributed by atoms with Crippen LogP contribution in [0.4, 0.5) is 5.82 Å². The fourth-order valence-corrected chi connectivity index (χ4v) is 5.03. The number of anilines is 1. The number of fused-ring (bicyclic) bond motifs is 1. The molecule has 1 aliphatic heterocycles. The van der Waals surface area contributed by atoms with Crippen molar-refractivity contribution in [3.8, 4) is 0 Å². The van der Waals surface area contributed by atoms with Crippen molar-refractivity contribution < 1.29 is 4.79 Å². The molecule has 4 aromatic rings. The fourth-order valence-electron chi connectivity index (χ4n) is 3.79. The Morgan fingerprint density at radius 1 is 0.971 bits per heavy atom. The lowest BCUT2D eigenvalue weighted by molar-refractivity contribution is -0.122. The molecule has 2 aromatic heterocycles. The molecular formula is C27H22N4O2S2. The molecule has 1 saturated heterocycles. The largest absolute Gasteiger partial charge is 0.365 e. The molecule has 0 spiro atoms. The lowest BCUT2D eigenvalue weighted by Crippen LogP contribution is -2.27. The van der Waals surface area contributed by atoms with Crippen LogP contribution < -0.4 is 10.9 Å². The number of hydrogen-bond acceptors (Lipinski definition) is 6. The van der Waals surface area contributed by atoms with Gasteiger partial charge in [-0.25, -0.2) is 4.98 Å². The number of carbonyl (C=O) groups excluding carboxylic acids is 1. The number of rotatable bonds is 6. The summed E-state index contributed by atoms with van der Waals surface area (Å²) in [6, 6.07) is 23.2. The SMILES string of the molecule is Cc1ccc(CNc2nc3ccccn3c(=O)c2/C=C2\SC(=S)N(Cc3ccccc3)C2=O)cc1. The van der Waals surface area contributed by atoms with Gasteiger partial charge in [-0.1, -0.05) is 90.2 Å². The van der Waals surface area contributed by atoms with E-state index in [0.29, 0.717) is 39.3 Å².